The van der Waals surface area contributed by atoms with Crippen molar-refractivity contribution in [3.05, 3.63) is 66.7 Å². The van der Waals surface area contributed by atoms with Crippen LogP contribution in [0, 0.1) is 0 Å². The number of nitrogens with one attached hydrogen (secondary N) is 1. The van der Waals surface area contributed by atoms with E-state index in [1.54, 1.807) is 30.3 Å². The number of carbonyl (C=O) groups is 1. The quantitative estimate of drug-likeness (QED) is 0.339. The second-order valence-electron chi connectivity index (χ2n) is 8.46. The highest BCUT2D eigenvalue weighted by atomic mass is 32.2. The number of sulfonamides is 1. The molecule has 0 radical (unpaired) electrons. The van der Waals surface area contributed by atoms with Crippen LogP contribution in [0.2, 0.25) is 0 Å². The molecule has 0 atom stereocenters. The third-order valence-electron chi connectivity index (χ3n) is 5.31. The molecule has 1 amide bonds. The molecule has 4 rings (SSSR count). The summed E-state index contributed by atoms with van der Waals surface area (Å²) in [7, 11) is -3.52. The van der Waals surface area contributed by atoms with Crippen LogP contribution in [0.1, 0.15) is 26.7 Å². The monoisotopic (exact) mass is 480 g/mol. The zero-order valence-electron chi connectivity index (χ0n) is 19.4. The predicted molar refractivity (Wildman–Crippen MR) is 136 cm³/mol. The van der Waals surface area contributed by atoms with Crippen molar-refractivity contribution in [2.24, 2.45) is 0 Å². The molecule has 0 aliphatic carbocycles. The Morgan fingerprint density at radius 3 is 2.53 bits per heavy atom. The predicted octanol–water partition coefficient (Wildman–Crippen LogP) is 5.56. The van der Waals surface area contributed by atoms with Gasteiger partial charge in [-0.15, -0.1) is 0 Å². The van der Waals surface area contributed by atoms with Gasteiger partial charge in [-0.25, -0.2) is 8.42 Å². The number of benzene rings is 3. The van der Waals surface area contributed by atoms with Crippen molar-refractivity contribution in [1.29, 1.82) is 0 Å². The van der Waals surface area contributed by atoms with Crippen molar-refractivity contribution in [1.82, 2.24) is 0 Å². The first kappa shape index (κ1) is 23.6. The number of anilines is 2. The van der Waals surface area contributed by atoms with Crippen molar-refractivity contribution >= 4 is 49.2 Å². The number of amides is 1. The molecule has 34 heavy (non-hydrogen) atoms. The van der Waals surface area contributed by atoms with Gasteiger partial charge < -0.3 is 14.5 Å². The Labute approximate surface area is 199 Å². The van der Waals surface area contributed by atoms with Crippen LogP contribution < -0.4 is 14.4 Å². The van der Waals surface area contributed by atoms with Crippen LogP contribution in [-0.2, 0) is 14.8 Å². The minimum Gasteiger partial charge on any atom is -0.491 e. The fraction of sp³-hybridized carbons (Fsp3) is 0.269. The van der Waals surface area contributed by atoms with E-state index < -0.39 is 10.0 Å². The van der Waals surface area contributed by atoms with Gasteiger partial charge in [-0.2, -0.15) is 0 Å². The summed E-state index contributed by atoms with van der Waals surface area (Å²) in [4.78, 5) is 12.5. The molecule has 0 aliphatic rings. The summed E-state index contributed by atoms with van der Waals surface area (Å²) in [6, 6.07) is 20.3. The molecule has 4 aromatic rings. The lowest BCUT2D eigenvalue weighted by atomic mass is 10.1. The maximum atomic E-state index is 12.5. The van der Waals surface area contributed by atoms with E-state index in [1.807, 2.05) is 50.2 Å². The second kappa shape index (κ2) is 9.77. The van der Waals surface area contributed by atoms with Crippen molar-refractivity contribution < 1.29 is 22.4 Å². The fourth-order valence-corrected chi connectivity index (χ4v) is 4.84. The number of rotatable bonds is 9. The van der Waals surface area contributed by atoms with Gasteiger partial charge in [-0.3, -0.25) is 9.10 Å². The summed E-state index contributed by atoms with van der Waals surface area (Å²) in [5.74, 6) is 0.403. The minimum atomic E-state index is -3.52. The first-order valence-corrected chi connectivity index (χ1v) is 13.0. The van der Waals surface area contributed by atoms with Crippen LogP contribution in [0.15, 0.2) is 71.1 Å². The van der Waals surface area contributed by atoms with E-state index in [0.29, 0.717) is 29.1 Å². The van der Waals surface area contributed by atoms with Crippen LogP contribution >= 0.6 is 0 Å². The first-order valence-electron chi connectivity index (χ1n) is 11.2. The molecule has 0 unspecified atom stereocenters. The zero-order chi connectivity index (χ0) is 24.3. The highest BCUT2D eigenvalue weighted by Crippen LogP contribution is 2.30. The fourth-order valence-electron chi connectivity index (χ4n) is 3.88. The van der Waals surface area contributed by atoms with E-state index >= 15 is 0 Å². The number of nitrogens with zero attached hydrogens (tertiary/aromatic N) is 1. The average Bonchev–Trinajstić information content (AvgIpc) is 3.13. The number of hydrogen-bond donors (Lipinski definition) is 1. The number of ether oxygens (including phenoxy) is 1. The van der Waals surface area contributed by atoms with Crippen molar-refractivity contribution in [3.8, 4) is 5.75 Å². The largest absolute Gasteiger partial charge is 0.491 e. The van der Waals surface area contributed by atoms with Gasteiger partial charge in [0.1, 0.15) is 16.9 Å². The minimum absolute atomic E-state index is 0.0237. The highest BCUT2D eigenvalue weighted by Gasteiger charge is 2.18. The van der Waals surface area contributed by atoms with Crippen LogP contribution in [0.4, 0.5) is 11.4 Å². The van der Waals surface area contributed by atoms with Gasteiger partial charge in [0.15, 0.2) is 0 Å². The third kappa shape index (κ3) is 5.51. The summed E-state index contributed by atoms with van der Waals surface area (Å²) in [6.07, 6.45) is 1.67. The van der Waals surface area contributed by atoms with E-state index in [4.69, 9.17) is 9.15 Å². The Kier molecular flexibility index (Phi) is 6.79. The first-order chi connectivity index (χ1) is 16.2. The molecule has 1 N–H and O–H groups in total. The maximum Gasteiger partial charge on any atom is 0.232 e. The number of furan rings is 1. The van der Waals surface area contributed by atoms with Gasteiger partial charge in [0.2, 0.25) is 15.9 Å². The van der Waals surface area contributed by atoms with Crippen LogP contribution in [0.5, 0.6) is 5.75 Å². The molecule has 0 bridgehead atoms. The van der Waals surface area contributed by atoms with Crippen molar-refractivity contribution in [3.63, 3.8) is 0 Å². The Morgan fingerprint density at radius 2 is 1.76 bits per heavy atom. The average molecular weight is 481 g/mol. The lowest BCUT2D eigenvalue weighted by Crippen LogP contribution is -2.31. The zero-order valence-corrected chi connectivity index (χ0v) is 20.3. The van der Waals surface area contributed by atoms with Gasteiger partial charge in [0.25, 0.3) is 0 Å². The molecule has 3 aromatic carbocycles. The summed E-state index contributed by atoms with van der Waals surface area (Å²) in [5.41, 5.74) is 2.64. The second-order valence-corrected chi connectivity index (χ2v) is 10.4. The molecule has 0 spiro atoms. The topological polar surface area (TPSA) is 88.8 Å². The molecule has 1 heterocycles. The van der Waals surface area contributed by atoms with E-state index in [0.717, 1.165) is 22.6 Å². The number of para-hydroxylation sites is 1. The maximum absolute atomic E-state index is 12.5. The summed E-state index contributed by atoms with van der Waals surface area (Å²) >= 11 is 0. The lowest BCUT2D eigenvalue weighted by Gasteiger charge is -2.23. The molecule has 8 heteroatoms. The van der Waals surface area contributed by atoms with E-state index in [9.17, 15) is 13.2 Å². The van der Waals surface area contributed by atoms with Crippen molar-refractivity contribution in [2.75, 3.05) is 22.4 Å². The number of fused-ring (bicyclic) bond motifs is 3. The number of carbonyl (C=O) groups excluding carboxylic acids is 1. The summed E-state index contributed by atoms with van der Waals surface area (Å²) in [5, 5.41) is 4.89. The molecular formula is C26H28N2O5S. The van der Waals surface area contributed by atoms with Gasteiger partial charge in [-0.1, -0.05) is 24.3 Å². The smallest absolute Gasteiger partial charge is 0.232 e. The number of hydrogen-bond acceptors (Lipinski definition) is 5. The normalized spacial score (nSPS) is 11.8. The third-order valence-corrected chi connectivity index (χ3v) is 6.50. The lowest BCUT2D eigenvalue weighted by molar-refractivity contribution is -0.116. The van der Waals surface area contributed by atoms with Gasteiger partial charge in [0.05, 0.1) is 18.0 Å². The van der Waals surface area contributed by atoms with Crippen LogP contribution in [-0.4, -0.2) is 33.2 Å². The SMILES string of the molecule is CC(C)Oc1cccc(N(CCCC(=O)Nc2ccc3c(c2)oc2ccccc23)S(C)(=O)=O)c1. The highest BCUT2D eigenvalue weighted by molar-refractivity contribution is 7.92. The standard InChI is InChI=1S/C26H28N2O5S/c1-18(2)32-21-9-6-8-20(17-21)28(34(3,30)31)15-7-12-26(29)27-19-13-14-23-22-10-4-5-11-24(22)33-25(23)16-19/h4-6,8-11,13-14,16-18H,7,12,15H2,1-3H3,(H,27,29). The molecule has 0 saturated heterocycles. The molecule has 1 aromatic heterocycles. The molecule has 178 valence electrons. The van der Waals surface area contributed by atoms with E-state index in [-0.39, 0.29) is 25.0 Å². The molecule has 7 nitrogen and oxygen atoms in total. The van der Waals surface area contributed by atoms with Crippen LogP contribution in [0.3, 0.4) is 0 Å². The van der Waals surface area contributed by atoms with Crippen molar-refractivity contribution in [2.45, 2.75) is 32.8 Å². The van der Waals surface area contributed by atoms with Gasteiger partial charge >= 0.3 is 0 Å². The summed E-state index contributed by atoms with van der Waals surface area (Å²) < 4.78 is 37.7. The molecule has 0 aliphatic heterocycles. The molecule has 0 saturated carbocycles. The van der Waals surface area contributed by atoms with Gasteiger partial charge in [-0.05, 0) is 50.6 Å². The Morgan fingerprint density at radius 1 is 1.00 bits per heavy atom. The molecular weight excluding hydrogens is 452 g/mol. The Hall–Kier alpha value is -3.52. The van der Waals surface area contributed by atoms with Gasteiger partial charge in [0, 0.05) is 41.6 Å². The van der Waals surface area contributed by atoms with Crippen LogP contribution in [0.25, 0.3) is 21.9 Å². The Bertz CT molecular complexity index is 1430. The Balaban J connectivity index is 1.40. The van der Waals surface area contributed by atoms with E-state index in [2.05, 4.69) is 5.32 Å². The van der Waals surface area contributed by atoms with E-state index in [1.165, 1.54) is 4.31 Å². The molecule has 0 fully saturated rings. The summed E-state index contributed by atoms with van der Waals surface area (Å²) in [6.45, 7) is 4.00.